The van der Waals surface area contributed by atoms with Gasteiger partial charge < -0.3 is 39.4 Å². The normalized spacial score (nSPS) is 17.9. The van der Waals surface area contributed by atoms with Crippen LogP contribution in [0.5, 0.6) is 23.3 Å². The van der Waals surface area contributed by atoms with E-state index in [2.05, 4.69) is 30.4 Å². The Balaban J connectivity index is 0.000000177. The van der Waals surface area contributed by atoms with Gasteiger partial charge in [-0.1, -0.05) is 0 Å². The number of nitrogens with one attached hydrogen (secondary N) is 1. The smallest absolute Gasteiger partial charge is 0.410 e. The number of likely N-dealkylation sites (tertiary alicyclic amines) is 1. The van der Waals surface area contributed by atoms with Gasteiger partial charge in [0.25, 0.3) is 0 Å². The summed E-state index contributed by atoms with van der Waals surface area (Å²) >= 11 is 0. The number of carbonyl (C=O) groups is 1. The van der Waals surface area contributed by atoms with E-state index in [9.17, 15) is 15.0 Å². The lowest BCUT2D eigenvalue weighted by Gasteiger charge is -2.39. The molecule has 16 heteroatoms. The van der Waals surface area contributed by atoms with Gasteiger partial charge in [-0.15, -0.1) is 0 Å². The van der Waals surface area contributed by atoms with Crippen LogP contribution in [0.15, 0.2) is 59.7 Å². The van der Waals surface area contributed by atoms with Crippen LogP contribution in [0.1, 0.15) is 57.5 Å². The van der Waals surface area contributed by atoms with Crippen LogP contribution in [-0.4, -0.2) is 109 Å². The van der Waals surface area contributed by atoms with Crippen molar-refractivity contribution < 1.29 is 34.0 Å². The topological polar surface area (TPSA) is 191 Å². The van der Waals surface area contributed by atoms with Gasteiger partial charge in [-0.2, -0.15) is 15.1 Å². The molecule has 2 aromatic carbocycles. The van der Waals surface area contributed by atoms with Crippen LogP contribution in [-0.2, 0) is 16.0 Å². The quantitative estimate of drug-likeness (QED) is 0.170. The van der Waals surface area contributed by atoms with E-state index in [-0.39, 0.29) is 29.7 Å². The molecule has 1 amide bonds. The van der Waals surface area contributed by atoms with Crippen molar-refractivity contribution in [2.45, 2.75) is 58.4 Å². The monoisotopic (exact) mass is 777 g/mol. The second-order valence-corrected chi connectivity index (χ2v) is 15.7. The molecule has 1 unspecified atom stereocenters. The van der Waals surface area contributed by atoms with Gasteiger partial charge in [-0.05, 0) is 88.6 Å². The molecule has 3 aromatic heterocycles. The highest BCUT2D eigenvalue weighted by atomic mass is 16.6. The first kappa shape index (κ1) is 38.0. The molecule has 4 aliphatic rings. The summed E-state index contributed by atoms with van der Waals surface area (Å²) in [4.78, 5) is 36.7. The number of ether oxygens (including phenoxy) is 4. The van der Waals surface area contributed by atoms with Crippen LogP contribution >= 0.6 is 0 Å². The van der Waals surface area contributed by atoms with Crippen molar-refractivity contribution >= 4 is 23.3 Å². The number of phenols is 2. The number of hydrogen-bond donors (Lipinski definition) is 3. The summed E-state index contributed by atoms with van der Waals surface area (Å²) in [5.74, 6) is 3.24. The lowest BCUT2D eigenvalue weighted by Crippen LogP contribution is -2.53. The number of nitrogens with zero attached hydrogens (tertiary/aromatic N) is 8. The van der Waals surface area contributed by atoms with Crippen molar-refractivity contribution in [3.05, 3.63) is 66.0 Å². The zero-order chi connectivity index (χ0) is 39.5. The Bertz CT molecular complexity index is 2220. The molecule has 9 rings (SSSR count). The maximum absolute atomic E-state index is 12.2. The summed E-state index contributed by atoms with van der Waals surface area (Å²) in [5, 5.41) is 27.6. The summed E-state index contributed by atoms with van der Waals surface area (Å²) in [6, 6.07) is 13.6. The molecule has 3 fully saturated rings. The molecule has 0 aliphatic carbocycles. The Morgan fingerprint density at radius 1 is 0.860 bits per heavy atom. The van der Waals surface area contributed by atoms with E-state index >= 15 is 0 Å². The summed E-state index contributed by atoms with van der Waals surface area (Å²) in [5.41, 5.74) is 3.51. The van der Waals surface area contributed by atoms with Crippen LogP contribution in [0.25, 0.3) is 33.8 Å². The molecule has 16 nitrogen and oxygen atoms in total. The molecule has 4 aliphatic heterocycles. The molecule has 298 valence electrons. The summed E-state index contributed by atoms with van der Waals surface area (Å²) < 4.78 is 25.2. The Hall–Kier alpha value is -5.87. The van der Waals surface area contributed by atoms with E-state index in [4.69, 9.17) is 23.9 Å². The number of rotatable bonds is 9. The molecule has 7 heterocycles. The third kappa shape index (κ3) is 8.92. The van der Waals surface area contributed by atoms with Crippen LogP contribution in [0.4, 0.5) is 4.79 Å². The largest absolute Gasteiger partial charge is 0.508 e. The maximum Gasteiger partial charge on any atom is 0.410 e. The lowest BCUT2D eigenvalue weighted by atomic mass is 10.0. The average Bonchev–Trinajstić information content (AvgIpc) is 3.82. The third-order valence-electron chi connectivity index (χ3n) is 9.94. The van der Waals surface area contributed by atoms with Crippen LogP contribution in [0, 0.1) is 11.8 Å². The molecule has 57 heavy (non-hydrogen) atoms. The van der Waals surface area contributed by atoms with Crippen molar-refractivity contribution in [3.63, 3.8) is 0 Å². The Kier molecular flexibility index (Phi) is 10.9. The fourth-order valence-electron chi connectivity index (χ4n) is 6.70. The van der Waals surface area contributed by atoms with Gasteiger partial charge in [0, 0.05) is 62.0 Å². The minimum Gasteiger partial charge on any atom is -0.508 e. The Morgan fingerprint density at radius 3 is 2.14 bits per heavy atom. The molecular formula is C41H47N9O7. The van der Waals surface area contributed by atoms with Crippen LogP contribution in [0.3, 0.4) is 0 Å². The standard InChI is InChI=1S/C25H31N5O5.C16H16N4O2/c1-25(2,3)35-24(32)29-13-16(14-29)15-34-23-19-12-26-30(20-6-4-5-11-33-20)22(19)27-21(28-23)17-7-9-18(31)10-8-17;21-12-3-1-11(2-4-12)15-19-14-8-18-7-13(14)16(20-15)22-9-10-5-17-6-10/h7-10,12,16,20,31H,4-6,11,13-15H2,1-3H3;1-4,7,10,17,21H,5-6,8-9H2. The molecule has 3 saturated heterocycles. The molecular weight excluding hydrogens is 731 g/mol. The molecule has 0 spiro atoms. The van der Waals surface area contributed by atoms with Gasteiger partial charge in [0.05, 0.1) is 37.2 Å². The van der Waals surface area contributed by atoms with E-state index in [0.717, 1.165) is 54.7 Å². The van der Waals surface area contributed by atoms with Gasteiger partial charge in [0.2, 0.25) is 11.8 Å². The van der Waals surface area contributed by atoms with Gasteiger partial charge in [0.1, 0.15) is 22.5 Å². The molecule has 3 N–H and O–H groups in total. The second-order valence-electron chi connectivity index (χ2n) is 15.7. The Labute approximate surface area is 329 Å². The zero-order valence-electron chi connectivity index (χ0n) is 32.3. The molecule has 0 bridgehead atoms. The van der Waals surface area contributed by atoms with Crippen LogP contribution in [0.2, 0.25) is 0 Å². The maximum atomic E-state index is 12.2. The van der Waals surface area contributed by atoms with Crippen molar-refractivity contribution in [1.82, 2.24) is 39.9 Å². The predicted octanol–water partition coefficient (Wildman–Crippen LogP) is 5.52. The van der Waals surface area contributed by atoms with E-state index in [1.165, 1.54) is 0 Å². The predicted molar refractivity (Wildman–Crippen MR) is 210 cm³/mol. The number of carbonyl (C=O) groups excluding carboxylic acids is 1. The highest BCUT2D eigenvalue weighted by Gasteiger charge is 2.34. The number of aliphatic imine (C=N–C) groups is 1. The fraction of sp³-hybridized carbons (Fsp3) is 0.439. The van der Waals surface area contributed by atoms with E-state index in [1.807, 2.05) is 20.8 Å². The minimum atomic E-state index is -0.516. The van der Waals surface area contributed by atoms with E-state index < -0.39 is 5.60 Å². The fourth-order valence-corrected chi connectivity index (χ4v) is 6.70. The van der Waals surface area contributed by atoms with E-state index in [1.54, 1.807) is 70.5 Å². The number of amides is 1. The number of hydrogen-bond acceptors (Lipinski definition) is 14. The first-order valence-electron chi connectivity index (χ1n) is 19.4. The van der Waals surface area contributed by atoms with Crippen molar-refractivity contribution in [2.75, 3.05) is 46.0 Å². The van der Waals surface area contributed by atoms with Crippen molar-refractivity contribution in [3.8, 4) is 46.0 Å². The zero-order valence-corrected chi connectivity index (χ0v) is 32.3. The van der Waals surface area contributed by atoms with Crippen molar-refractivity contribution in [1.29, 1.82) is 0 Å². The summed E-state index contributed by atoms with van der Waals surface area (Å²) in [7, 11) is 0. The highest BCUT2D eigenvalue weighted by Crippen LogP contribution is 2.33. The number of phenolic OH excluding ortho intramolecular Hbond substituents is 2. The summed E-state index contributed by atoms with van der Waals surface area (Å²) in [6.07, 6.45) is 6.00. The highest BCUT2D eigenvalue weighted by molar-refractivity contribution is 5.87. The third-order valence-corrected chi connectivity index (χ3v) is 9.94. The average molecular weight is 778 g/mol. The minimum absolute atomic E-state index is 0.173. The van der Waals surface area contributed by atoms with Gasteiger partial charge in [-0.3, -0.25) is 4.99 Å². The van der Waals surface area contributed by atoms with E-state index in [0.29, 0.717) is 79.8 Å². The SMILES string of the molecule is CC(C)(C)OC(=O)N1CC(COc2nc(-c3ccc(O)cc3)nc3c2cnn3C2CCCCO2)C1.Oc1ccc(-c2nc3c(c(OCC4CNC4)n2)C=NC3)cc1. The van der Waals surface area contributed by atoms with Crippen LogP contribution < -0.4 is 14.8 Å². The number of fused-ring (bicyclic) bond motifs is 2. The van der Waals surface area contributed by atoms with Crippen molar-refractivity contribution in [2.24, 2.45) is 16.8 Å². The summed E-state index contributed by atoms with van der Waals surface area (Å²) in [6.45, 7) is 11.0. The lowest BCUT2D eigenvalue weighted by molar-refractivity contribution is -0.0370. The number of aromatic nitrogens is 6. The van der Waals surface area contributed by atoms with Gasteiger partial charge >= 0.3 is 6.09 Å². The number of aromatic hydroxyl groups is 2. The molecule has 0 radical (unpaired) electrons. The first-order chi connectivity index (χ1) is 27.6. The molecule has 0 saturated carbocycles. The molecule has 5 aromatic rings. The first-order valence-corrected chi connectivity index (χ1v) is 19.4. The van der Waals surface area contributed by atoms with Gasteiger partial charge in [0.15, 0.2) is 23.5 Å². The number of benzene rings is 2. The Morgan fingerprint density at radius 2 is 1.51 bits per heavy atom. The second kappa shape index (κ2) is 16.3. The molecule has 1 atom stereocenters. The van der Waals surface area contributed by atoms with Gasteiger partial charge in [-0.25, -0.2) is 19.4 Å².